The quantitative estimate of drug-likeness (QED) is 0.544. The molecule has 0 radical (unpaired) electrons. The molecule has 0 saturated heterocycles. The van der Waals surface area contributed by atoms with Crippen molar-refractivity contribution >= 4 is 5.69 Å². The summed E-state index contributed by atoms with van der Waals surface area (Å²) in [6, 6.07) is 4.89. The van der Waals surface area contributed by atoms with Crippen molar-refractivity contribution in [1.29, 1.82) is 0 Å². The van der Waals surface area contributed by atoms with Crippen LogP contribution in [0.3, 0.4) is 0 Å². The first-order valence-corrected chi connectivity index (χ1v) is 6.16. The molecule has 0 amide bonds. The summed E-state index contributed by atoms with van der Waals surface area (Å²) in [7, 11) is 4.64. The van der Waals surface area contributed by atoms with E-state index in [1.807, 2.05) is 0 Å². The Hall–Kier alpha value is -1.70. The van der Waals surface area contributed by atoms with Gasteiger partial charge in [0.1, 0.15) is 0 Å². The minimum Gasteiger partial charge on any atom is -0.490 e. The van der Waals surface area contributed by atoms with Crippen LogP contribution in [0.2, 0.25) is 0 Å². The molecule has 1 aromatic carbocycles. The Morgan fingerprint density at radius 3 is 2.65 bits per heavy atom. The summed E-state index contributed by atoms with van der Waals surface area (Å²) in [6.07, 6.45) is -0.0479. The molecule has 112 valence electrons. The van der Waals surface area contributed by atoms with E-state index in [1.165, 1.54) is 13.2 Å². The van der Waals surface area contributed by atoms with E-state index >= 15 is 0 Å². The Bertz CT molecular complexity index is 439. The van der Waals surface area contributed by atoms with Gasteiger partial charge >= 0.3 is 5.69 Å². The average Bonchev–Trinajstić information content (AvgIpc) is 2.46. The number of nitrogens with one attached hydrogen (secondary N) is 1. The first-order valence-electron chi connectivity index (χ1n) is 6.16. The van der Waals surface area contributed by atoms with Crippen LogP contribution in [0.5, 0.6) is 5.75 Å². The third-order valence-electron chi connectivity index (χ3n) is 2.83. The van der Waals surface area contributed by atoms with E-state index in [1.54, 1.807) is 26.4 Å². The Labute approximate surface area is 118 Å². The van der Waals surface area contributed by atoms with E-state index in [4.69, 9.17) is 14.2 Å². The van der Waals surface area contributed by atoms with Gasteiger partial charge in [0, 0.05) is 33.4 Å². The summed E-state index contributed by atoms with van der Waals surface area (Å²) in [4.78, 5) is 10.5. The van der Waals surface area contributed by atoms with E-state index in [-0.39, 0.29) is 17.5 Å². The zero-order valence-corrected chi connectivity index (χ0v) is 11.9. The predicted molar refractivity (Wildman–Crippen MR) is 74.0 cm³/mol. The molecule has 0 aliphatic heterocycles. The zero-order valence-electron chi connectivity index (χ0n) is 11.9. The zero-order chi connectivity index (χ0) is 15.0. The summed E-state index contributed by atoms with van der Waals surface area (Å²) in [5.41, 5.74) is 0.775. The number of hydrogen-bond acceptors (Lipinski definition) is 6. The Morgan fingerprint density at radius 2 is 2.10 bits per heavy atom. The van der Waals surface area contributed by atoms with Gasteiger partial charge < -0.3 is 19.5 Å². The Kier molecular flexibility index (Phi) is 6.92. The van der Waals surface area contributed by atoms with Gasteiger partial charge in [-0.2, -0.15) is 0 Å². The number of methoxy groups -OCH3 is 3. The fraction of sp³-hybridized carbons (Fsp3) is 0.538. The number of benzene rings is 1. The molecule has 1 aromatic rings. The van der Waals surface area contributed by atoms with Crippen LogP contribution < -0.4 is 10.1 Å². The molecular weight excluding hydrogens is 264 g/mol. The molecule has 0 aromatic heterocycles. The fourth-order valence-corrected chi connectivity index (χ4v) is 1.76. The van der Waals surface area contributed by atoms with E-state index in [0.29, 0.717) is 19.7 Å². The standard InChI is InChI=1S/C13H20N2O5/c1-18-9-11(19-2)8-14-7-10-4-5-13(20-3)12(6-10)15(16)17/h4-6,11,14H,7-9H2,1-3H3. The van der Waals surface area contributed by atoms with Crippen molar-refractivity contribution in [3.63, 3.8) is 0 Å². The minimum absolute atomic E-state index is 0.0352. The molecule has 1 rings (SSSR count). The number of ether oxygens (including phenoxy) is 3. The molecule has 0 fully saturated rings. The second-order valence-corrected chi connectivity index (χ2v) is 4.21. The third-order valence-corrected chi connectivity index (χ3v) is 2.83. The molecular formula is C13H20N2O5. The molecule has 7 heteroatoms. The molecule has 0 saturated carbocycles. The minimum atomic E-state index is -0.453. The van der Waals surface area contributed by atoms with Crippen molar-refractivity contribution in [1.82, 2.24) is 5.32 Å². The number of rotatable bonds is 9. The van der Waals surface area contributed by atoms with Gasteiger partial charge in [0.2, 0.25) is 0 Å². The van der Waals surface area contributed by atoms with Crippen LogP contribution in [0.4, 0.5) is 5.69 Å². The fourth-order valence-electron chi connectivity index (χ4n) is 1.76. The van der Waals surface area contributed by atoms with Crippen molar-refractivity contribution in [2.75, 3.05) is 34.5 Å². The SMILES string of the molecule is COCC(CNCc1ccc(OC)c([N+](=O)[O-])c1)OC. The Morgan fingerprint density at radius 1 is 1.35 bits per heavy atom. The molecule has 0 aliphatic rings. The van der Waals surface area contributed by atoms with Gasteiger partial charge in [0.25, 0.3) is 0 Å². The first kappa shape index (κ1) is 16.4. The molecule has 1 unspecified atom stereocenters. The van der Waals surface area contributed by atoms with Gasteiger partial charge in [-0.05, 0) is 11.6 Å². The highest BCUT2D eigenvalue weighted by Gasteiger charge is 2.15. The molecule has 20 heavy (non-hydrogen) atoms. The first-order chi connectivity index (χ1) is 9.62. The van der Waals surface area contributed by atoms with E-state index < -0.39 is 4.92 Å². The highest BCUT2D eigenvalue weighted by Crippen LogP contribution is 2.27. The van der Waals surface area contributed by atoms with Crippen LogP contribution in [0.15, 0.2) is 18.2 Å². The van der Waals surface area contributed by atoms with E-state index in [0.717, 1.165) is 5.56 Å². The monoisotopic (exact) mass is 284 g/mol. The second-order valence-electron chi connectivity index (χ2n) is 4.21. The summed E-state index contributed by atoms with van der Waals surface area (Å²) in [5, 5.41) is 14.1. The largest absolute Gasteiger partial charge is 0.490 e. The van der Waals surface area contributed by atoms with E-state index in [2.05, 4.69) is 5.32 Å². The van der Waals surface area contributed by atoms with Crippen molar-refractivity contribution < 1.29 is 19.1 Å². The van der Waals surface area contributed by atoms with E-state index in [9.17, 15) is 10.1 Å². The van der Waals surface area contributed by atoms with Crippen LogP contribution >= 0.6 is 0 Å². The van der Waals surface area contributed by atoms with Crippen LogP contribution in [-0.4, -0.2) is 45.5 Å². The van der Waals surface area contributed by atoms with Gasteiger partial charge in [-0.1, -0.05) is 6.07 Å². The van der Waals surface area contributed by atoms with Crippen LogP contribution in [-0.2, 0) is 16.0 Å². The molecule has 1 N–H and O–H groups in total. The highest BCUT2D eigenvalue weighted by molar-refractivity contribution is 5.48. The van der Waals surface area contributed by atoms with Gasteiger partial charge in [0.15, 0.2) is 5.75 Å². The lowest BCUT2D eigenvalue weighted by molar-refractivity contribution is -0.385. The molecule has 0 aliphatic carbocycles. The highest BCUT2D eigenvalue weighted by atomic mass is 16.6. The number of nitro groups is 1. The smallest absolute Gasteiger partial charge is 0.311 e. The third kappa shape index (κ3) is 4.76. The van der Waals surface area contributed by atoms with Crippen molar-refractivity contribution in [2.45, 2.75) is 12.6 Å². The maximum absolute atomic E-state index is 10.9. The maximum Gasteiger partial charge on any atom is 0.311 e. The molecule has 0 spiro atoms. The summed E-state index contributed by atoms with van der Waals surface area (Å²) < 4.78 is 15.2. The lowest BCUT2D eigenvalue weighted by Gasteiger charge is -2.15. The molecule has 0 bridgehead atoms. The van der Waals surface area contributed by atoms with Crippen molar-refractivity contribution in [3.8, 4) is 5.75 Å². The lowest BCUT2D eigenvalue weighted by atomic mass is 10.2. The molecule has 7 nitrogen and oxygen atoms in total. The Balaban J connectivity index is 2.60. The lowest BCUT2D eigenvalue weighted by Crippen LogP contribution is -2.31. The van der Waals surface area contributed by atoms with Crippen molar-refractivity contribution in [3.05, 3.63) is 33.9 Å². The number of nitrogens with zero attached hydrogens (tertiary/aromatic N) is 1. The van der Waals surface area contributed by atoms with Crippen LogP contribution in [0.1, 0.15) is 5.56 Å². The van der Waals surface area contributed by atoms with Gasteiger partial charge in [0.05, 0.1) is 24.7 Å². The normalized spacial score (nSPS) is 12.2. The van der Waals surface area contributed by atoms with Crippen molar-refractivity contribution in [2.24, 2.45) is 0 Å². The maximum atomic E-state index is 10.9. The van der Waals surface area contributed by atoms with Gasteiger partial charge in [-0.25, -0.2) is 0 Å². The van der Waals surface area contributed by atoms with Gasteiger partial charge in [-0.3, -0.25) is 10.1 Å². The van der Waals surface area contributed by atoms with Gasteiger partial charge in [-0.15, -0.1) is 0 Å². The summed E-state index contributed by atoms with van der Waals surface area (Å²) >= 11 is 0. The average molecular weight is 284 g/mol. The topological polar surface area (TPSA) is 82.9 Å². The molecule has 1 atom stereocenters. The second kappa shape index (κ2) is 8.47. The van der Waals surface area contributed by atoms with Crippen LogP contribution in [0.25, 0.3) is 0 Å². The predicted octanol–water partition coefficient (Wildman–Crippen LogP) is 1.35. The summed E-state index contributed by atoms with van der Waals surface area (Å²) in [6.45, 7) is 1.60. The van der Waals surface area contributed by atoms with Crippen LogP contribution in [0, 0.1) is 10.1 Å². The summed E-state index contributed by atoms with van der Waals surface area (Å²) in [5.74, 6) is 0.257. The number of hydrogen-bond donors (Lipinski definition) is 1. The molecule has 0 heterocycles. The number of nitro benzene ring substituents is 1.